The molecular weight excluding hydrogens is 412 g/mol. The number of carboxylic acids is 1. The van der Waals surface area contributed by atoms with Crippen LogP contribution in [0.25, 0.3) is 0 Å². The molecule has 0 saturated carbocycles. The van der Waals surface area contributed by atoms with Crippen LogP contribution in [-0.2, 0) is 14.3 Å². The highest BCUT2D eigenvalue weighted by Gasteiger charge is 2.44. The van der Waals surface area contributed by atoms with Crippen LogP contribution in [0.5, 0.6) is 0 Å². The highest BCUT2D eigenvalue weighted by Crippen LogP contribution is 2.45. The molecule has 7 heteroatoms. The topological polar surface area (TPSA) is 124 Å². The van der Waals surface area contributed by atoms with Gasteiger partial charge in [0.05, 0.1) is 30.1 Å². The van der Waals surface area contributed by atoms with E-state index in [2.05, 4.69) is 32.1 Å². The highest BCUT2D eigenvalue weighted by atomic mass is 16.5. The van der Waals surface area contributed by atoms with Crippen LogP contribution in [-0.4, -0.2) is 56.8 Å². The first kappa shape index (κ1) is 26.6. The summed E-state index contributed by atoms with van der Waals surface area (Å²) < 4.78 is 6.01. The number of hydrogen-bond acceptors (Lipinski definition) is 6. The van der Waals surface area contributed by atoms with E-state index in [4.69, 9.17) is 9.84 Å². The number of fused-ring (bicyclic) bond motifs is 1. The van der Waals surface area contributed by atoms with Crippen LogP contribution in [0.15, 0.2) is 23.8 Å². The Hall–Kier alpha value is -1.70. The summed E-state index contributed by atoms with van der Waals surface area (Å²) in [6, 6.07) is 0. The molecule has 7 nitrogen and oxygen atoms in total. The first-order chi connectivity index (χ1) is 14.8. The third-order valence-electron chi connectivity index (χ3n) is 7.21. The molecule has 0 saturated heterocycles. The molecule has 0 fully saturated rings. The quantitative estimate of drug-likeness (QED) is 0.376. The van der Waals surface area contributed by atoms with Gasteiger partial charge >= 0.3 is 11.9 Å². The molecular formula is C25H40O7. The van der Waals surface area contributed by atoms with Gasteiger partial charge in [-0.3, -0.25) is 9.59 Å². The fourth-order valence-electron chi connectivity index (χ4n) is 4.78. The number of aliphatic carboxylic acids is 1. The summed E-state index contributed by atoms with van der Waals surface area (Å²) in [5.74, 6) is -0.902. The Morgan fingerprint density at radius 2 is 1.84 bits per heavy atom. The van der Waals surface area contributed by atoms with Gasteiger partial charge in [0, 0.05) is 5.92 Å². The molecule has 2 aliphatic carbocycles. The van der Waals surface area contributed by atoms with E-state index < -0.39 is 35.7 Å². The van der Waals surface area contributed by atoms with Gasteiger partial charge in [-0.1, -0.05) is 32.1 Å². The lowest BCUT2D eigenvalue weighted by atomic mass is 9.65. The Morgan fingerprint density at radius 3 is 2.44 bits per heavy atom. The van der Waals surface area contributed by atoms with E-state index in [0.29, 0.717) is 19.3 Å². The third-order valence-corrected chi connectivity index (χ3v) is 7.21. The SMILES string of the molecule is CC(O)C(C)(C)C(=O)O[C@@H]1C[C@H](C)C=C2C=C[C@@H](C)[C@@H](CC[C@H](O)C[C@H](O)CC(=O)O)[C@@H]21. The van der Waals surface area contributed by atoms with Crippen LogP contribution in [0.2, 0.25) is 0 Å². The van der Waals surface area contributed by atoms with E-state index in [0.717, 1.165) is 5.57 Å². The smallest absolute Gasteiger partial charge is 0.314 e. The molecule has 0 aliphatic heterocycles. The largest absolute Gasteiger partial charge is 0.481 e. The van der Waals surface area contributed by atoms with Crippen molar-refractivity contribution in [1.29, 1.82) is 0 Å². The summed E-state index contributed by atoms with van der Waals surface area (Å²) in [6.45, 7) is 9.16. The van der Waals surface area contributed by atoms with Gasteiger partial charge in [0.15, 0.2) is 0 Å². The Labute approximate surface area is 191 Å². The first-order valence-corrected chi connectivity index (χ1v) is 11.7. The zero-order chi connectivity index (χ0) is 24.2. The first-order valence-electron chi connectivity index (χ1n) is 11.7. The number of rotatable bonds is 10. The van der Waals surface area contributed by atoms with Crippen LogP contribution < -0.4 is 0 Å². The summed E-state index contributed by atoms with van der Waals surface area (Å²) in [7, 11) is 0. The van der Waals surface area contributed by atoms with Crippen molar-refractivity contribution in [3.8, 4) is 0 Å². The molecule has 0 radical (unpaired) electrons. The summed E-state index contributed by atoms with van der Waals surface area (Å²) in [5, 5.41) is 39.0. The maximum Gasteiger partial charge on any atom is 0.314 e. The van der Waals surface area contributed by atoms with Crippen LogP contribution in [0.1, 0.15) is 66.7 Å². The second kappa shape index (κ2) is 10.9. The molecule has 2 rings (SSSR count). The fraction of sp³-hybridized carbons (Fsp3) is 0.760. The zero-order valence-electron chi connectivity index (χ0n) is 19.9. The Kier molecular flexibility index (Phi) is 9.08. The molecule has 32 heavy (non-hydrogen) atoms. The van der Waals surface area contributed by atoms with Crippen molar-refractivity contribution in [3.63, 3.8) is 0 Å². The summed E-state index contributed by atoms with van der Waals surface area (Å²) >= 11 is 0. The monoisotopic (exact) mass is 452 g/mol. The van der Waals surface area contributed by atoms with E-state index in [9.17, 15) is 24.9 Å². The molecule has 0 aromatic rings. The maximum atomic E-state index is 12.9. The number of carbonyl (C=O) groups excluding carboxylic acids is 1. The molecule has 0 bridgehead atoms. The molecule has 0 heterocycles. The van der Waals surface area contributed by atoms with Gasteiger partial charge in [0.2, 0.25) is 0 Å². The van der Waals surface area contributed by atoms with Crippen LogP contribution in [0.4, 0.5) is 0 Å². The number of ether oxygens (including phenoxy) is 1. The van der Waals surface area contributed by atoms with Crippen molar-refractivity contribution in [2.75, 3.05) is 0 Å². The van der Waals surface area contributed by atoms with Gasteiger partial charge in [0.1, 0.15) is 6.10 Å². The molecule has 8 atom stereocenters. The molecule has 0 amide bonds. The predicted molar refractivity (Wildman–Crippen MR) is 121 cm³/mol. The number of aliphatic hydroxyl groups is 3. The third kappa shape index (κ3) is 6.65. The molecule has 1 unspecified atom stereocenters. The number of carbonyl (C=O) groups is 2. The zero-order valence-corrected chi connectivity index (χ0v) is 19.9. The molecule has 0 spiro atoms. The van der Waals surface area contributed by atoms with Gasteiger partial charge in [-0.15, -0.1) is 0 Å². The van der Waals surface area contributed by atoms with Crippen molar-refractivity contribution in [2.45, 2.75) is 91.1 Å². The second-order valence-corrected chi connectivity index (χ2v) is 10.3. The van der Waals surface area contributed by atoms with E-state index in [1.165, 1.54) is 0 Å². The van der Waals surface area contributed by atoms with E-state index in [1.807, 2.05) is 0 Å². The molecule has 4 N–H and O–H groups in total. The van der Waals surface area contributed by atoms with Crippen molar-refractivity contribution in [3.05, 3.63) is 23.8 Å². The minimum atomic E-state index is -1.09. The van der Waals surface area contributed by atoms with Crippen molar-refractivity contribution >= 4 is 11.9 Å². The van der Waals surface area contributed by atoms with Gasteiger partial charge < -0.3 is 25.2 Å². The average molecular weight is 453 g/mol. The van der Waals surface area contributed by atoms with Gasteiger partial charge in [-0.2, -0.15) is 0 Å². The normalized spacial score (nSPS) is 30.6. The number of carboxylic acid groups (broad SMARTS) is 1. The van der Waals surface area contributed by atoms with Crippen molar-refractivity contribution in [2.24, 2.45) is 29.1 Å². The number of aliphatic hydroxyl groups excluding tert-OH is 3. The summed E-state index contributed by atoms with van der Waals surface area (Å²) in [5.41, 5.74) is 0.132. The van der Waals surface area contributed by atoms with Crippen LogP contribution in [0.3, 0.4) is 0 Å². The fourth-order valence-corrected chi connectivity index (χ4v) is 4.78. The molecule has 0 aromatic carbocycles. The lowest BCUT2D eigenvalue weighted by Gasteiger charge is -2.44. The predicted octanol–water partition coefficient (Wildman–Crippen LogP) is 3.08. The second-order valence-electron chi connectivity index (χ2n) is 10.3. The number of esters is 1. The highest BCUT2D eigenvalue weighted by molar-refractivity contribution is 5.76. The molecule has 182 valence electrons. The van der Waals surface area contributed by atoms with E-state index in [-0.39, 0.29) is 42.6 Å². The average Bonchev–Trinajstić information content (AvgIpc) is 2.66. The van der Waals surface area contributed by atoms with Crippen molar-refractivity contribution < 1.29 is 34.8 Å². The number of allylic oxidation sites excluding steroid dienone is 3. The Balaban J connectivity index is 2.14. The lowest BCUT2D eigenvalue weighted by molar-refractivity contribution is -0.170. The summed E-state index contributed by atoms with van der Waals surface area (Å²) in [6.07, 6.45) is 4.88. The standard InChI is InChI=1S/C25H40O7/c1-14-10-17-7-6-15(2)20(9-8-18(27)12-19(28)13-22(29)30)23(17)21(11-14)32-24(31)25(4,5)16(3)26/h6-7,10,14-16,18-21,23,26-28H,8-9,11-13H2,1-5H3,(H,29,30)/t14-,15-,16?,18+,19+,20-,21-,23-/m1/s1. The summed E-state index contributed by atoms with van der Waals surface area (Å²) in [4.78, 5) is 23.6. The lowest BCUT2D eigenvalue weighted by Crippen LogP contribution is -2.45. The van der Waals surface area contributed by atoms with Gasteiger partial charge in [0.25, 0.3) is 0 Å². The van der Waals surface area contributed by atoms with E-state index in [1.54, 1.807) is 20.8 Å². The Bertz CT molecular complexity index is 724. The number of hydrogen-bond donors (Lipinski definition) is 4. The molecule has 2 aliphatic rings. The van der Waals surface area contributed by atoms with Crippen LogP contribution in [0, 0.1) is 29.1 Å². The minimum Gasteiger partial charge on any atom is -0.481 e. The van der Waals surface area contributed by atoms with Gasteiger partial charge in [-0.25, -0.2) is 0 Å². The van der Waals surface area contributed by atoms with Crippen LogP contribution >= 0.6 is 0 Å². The Morgan fingerprint density at radius 1 is 1.19 bits per heavy atom. The van der Waals surface area contributed by atoms with E-state index >= 15 is 0 Å². The molecule has 0 aromatic heterocycles. The maximum absolute atomic E-state index is 12.9. The minimum absolute atomic E-state index is 0.00362. The van der Waals surface area contributed by atoms with Crippen molar-refractivity contribution in [1.82, 2.24) is 0 Å². The van der Waals surface area contributed by atoms with Gasteiger partial charge in [-0.05, 0) is 69.8 Å².